The lowest BCUT2D eigenvalue weighted by Gasteiger charge is -2.14. The van der Waals surface area contributed by atoms with E-state index < -0.39 is 11.7 Å². The lowest BCUT2D eigenvalue weighted by Crippen LogP contribution is -2.27. The molecule has 2 aliphatic rings. The van der Waals surface area contributed by atoms with Gasteiger partial charge in [0.05, 0.1) is 5.56 Å². The Hall–Kier alpha value is -3.03. The monoisotopic (exact) mass is 389 g/mol. The summed E-state index contributed by atoms with van der Waals surface area (Å²) in [6.45, 7) is 1.20. The Kier molecular flexibility index (Phi) is 4.49. The molecule has 5 nitrogen and oxygen atoms in total. The minimum absolute atomic E-state index is 0.0603. The number of carbonyl (C=O) groups is 2. The molecule has 2 aromatic carbocycles. The summed E-state index contributed by atoms with van der Waals surface area (Å²) in [4.78, 5) is 25.7. The number of benzene rings is 2. The molecule has 28 heavy (non-hydrogen) atoms. The van der Waals surface area contributed by atoms with E-state index >= 15 is 0 Å². The summed E-state index contributed by atoms with van der Waals surface area (Å²) in [5.41, 5.74) is 1.42. The van der Waals surface area contributed by atoms with Crippen LogP contribution in [0.25, 0.3) is 0 Å². The van der Waals surface area contributed by atoms with E-state index in [1.54, 1.807) is 29.2 Å². The lowest BCUT2D eigenvalue weighted by atomic mass is 10.1. The highest BCUT2D eigenvalue weighted by Crippen LogP contribution is 2.48. The number of urea groups is 1. The van der Waals surface area contributed by atoms with Crippen LogP contribution < -0.4 is 15.5 Å². The third-order valence-electron chi connectivity index (χ3n) is 5.10. The van der Waals surface area contributed by atoms with Crippen molar-refractivity contribution in [1.29, 1.82) is 0 Å². The molecule has 1 aliphatic heterocycles. The highest BCUT2D eigenvalue weighted by atomic mass is 19.4. The standard InChI is InChI=1S/C20H18F3N3O2/c21-20(22,23)13-3-1-12(2-4-13)16-11-17(16)18(27)25-14-5-7-15(8-6-14)26-10-9-24-19(26)28/h1-8,16-17H,9-11H2,(H,24,28)(H,25,27). The number of nitrogens with one attached hydrogen (secondary N) is 2. The second kappa shape index (κ2) is 6.85. The number of nitrogens with zero attached hydrogens (tertiary/aromatic N) is 1. The Balaban J connectivity index is 1.35. The highest BCUT2D eigenvalue weighted by molar-refractivity contribution is 5.96. The van der Waals surface area contributed by atoms with E-state index in [1.807, 2.05) is 0 Å². The van der Waals surface area contributed by atoms with E-state index in [9.17, 15) is 22.8 Å². The predicted octanol–water partition coefficient (Wildman–Crippen LogP) is 3.98. The van der Waals surface area contributed by atoms with E-state index in [4.69, 9.17) is 0 Å². The Morgan fingerprint density at radius 2 is 1.75 bits per heavy atom. The van der Waals surface area contributed by atoms with E-state index in [2.05, 4.69) is 10.6 Å². The van der Waals surface area contributed by atoms with E-state index in [1.165, 1.54) is 12.1 Å². The van der Waals surface area contributed by atoms with Gasteiger partial charge in [-0.1, -0.05) is 12.1 Å². The molecule has 1 heterocycles. The quantitative estimate of drug-likeness (QED) is 0.831. The summed E-state index contributed by atoms with van der Waals surface area (Å²) < 4.78 is 37.9. The first-order chi connectivity index (χ1) is 13.3. The van der Waals surface area contributed by atoms with Crippen molar-refractivity contribution in [2.75, 3.05) is 23.3 Å². The zero-order chi connectivity index (χ0) is 19.9. The third-order valence-corrected chi connectivity index (χ3v) is 5.10. The molecule has 2 unspecified atom stereocenters. The first kappa shape index (κ1) is 18.3. The van der Waals surface area contributed by atoms with Gasteiger partial charge in [0.2, 0.25) is 5.91 Å². The molecule has 0 aromatic heterocycles. The zero-order valence-corrected chi connectivity index (χ0v) is 14.8. The van der Waals surface area contributed by atoms with Crippen molar-refractivity contribution in [2.24, 2.45) is 5.92 Å². The third kappa shape index (κ3) is 3.67. The smallest absolute Gasteiger partial charge is 0.336 e. The minimum Gasteiger partial charge on any atom is -0.336 e. The van der Waals surface area contributed by atoms with E-state index in [0.29, 0.717) is 25.2 Å². The summed E-state index contributed by atoms with van der Waals surface area (Å²) in [7, 11) is 0. The van der Waals surface area contributed by atoms with E-state index in [0.717, 1.165) is 23.4 Å². The number of alkyl halides is 3. The van der Waals surface area contributed by atoms with Gasteiger partial charge >= 0.3 is 12.2 Å². The van der Waals surface area contributed by atoms with Crippen molar-refractivity contribution < 1.29 is 22.8 Å². The van der Waals surface area contributed by atoms with Crippen LogP contribution in [-0.4, -0.2) is 25.0 Å². The van der Waals surface area contributed by atoms with Crippen LogP contribution in [0.15, 0.2) is 48.5 Å². The van der Waals surface area contributed by atoms with Crippen molar-refractivity contribution >= 4 is 23.3 Å². The van der Waals surface area contributed by atoms with Crippen LogP contribution in [-0.2, 0) is 11.0 Å². The second-order valence-electron chi connectivity index (χ2n) is 6.99. The second-order valence-corrected chi connectivity index (χ2v) is 6.99. The van der Waals surface area contributed by atoms with Crippen molar-refractivity contribution in [3.8, 4) is 0 Å². The topological polar surface area (TPSA) is 61.4 Å². The molecule has 1 saturated carbocycles. The fourth-order valence-electron chi connectivity index (χ4n) is 3.45. The zero-order valence-electron chi connectivity index (χ0n) is 14.8. The number of halogens is 3. The SMILES string of the molecule is O=C(Nc1ccc(N2CCNC2=O)cc1)C1CC1c1ccc(C(F)(F)F)cc1. The first-order valence-corrected chi connectivity index (χ1v) is 8.96. The molecule has 4 rings (SSSR count). The van der Waals surface area contributed by atoms with E-state index in [-0.39, 0.29) is 23.8 Å². The Bertz CT molecular complexity index is 894. The molecule has 2 fully saturated rings. The summed E-state index contributed by atoms with van der Waals surface area (Å²) >= 11 is 0. The molecule has 0 bridgehead atoms. The molecule has 146 valence electrons. The molecular weight excluding hydrogens is 371 g/mol. The fourth-order valence-corrected chi connectivity index (χ4v) is 3.45. The molecule has 1 aliphatic carbocycles. The van der Waals surface area contributed by atoms with Gasteiger partial charge in [0, 0.05) is 30.4 Å². The van der Waals surface area contributed by atoms with Crippen molar-refractivity contribution in [3.63, 3.8) is 0 Å². The summed E-state index contributed by atoms with van der Waals surface area (Å²) in [6.07, 6.45) is -3.75. The molecule has 8 heteroatoms. The number of anilines is 2. The molecule has 1 saturated heterocycles. The van der Waals surface area contributed by atoms with Gasteiger partial charge in [0.15, 0.2) is 0 Å². The Morgan fingerprint density at radius 3 is 2.32 bits per heavy atom. The summed E-state index contributed by atoms with van der Waals surface area (Å²) in [5, 5.41) is 5.56. The number of hydrogen-bond donors (Lipinski definition) is 2. The fraction of sp³-hybridized carbons (Fsp3) is 0.300. The van der Waals surface area contributed by atoms with Gasteiger partial charge in [-0.05, 0) is 54.3 Å². The highest BCUT2D eigenvalue weighted by Gasteiger charge is 2.44. The number of carbonyl (C=O) groups excluding carboxylic acids is 2. The number of amides is 3. The predicted molar refractivity (Wildman–Crippen MR) is 98.1 cm³/mol. The minimum atomic E-state index is -4.36. The first-order valence-electron chi connectivity index (χ1n) is 8.96. The van der Waals surface area contributed by atoms with Gasteiger partial charge in [-0.2, -0.15) is 13.2 Å². The van der Waals surface area contributed by atoms with Crippen LogP contribution in [0.2, 0.25) is 0 Å². The summed E-state index contributed by atoms with van der Waals surface area (Å²) in [6, 6.07) is 11.8. The lowest BCUT2D eigenvalue weighted by molar-refractivity contribution is -0.137. The largest absolute Gasteiger partial charge is 0.416 e. The van der Waals surface area contributed by atoms with Gasteiger partial charge in [0.1, 0.15) is 0 Å². The van der Waals surface area contributed by atoms with Gasteiger partial charge in [0.25, 0.3) is 0 Å². The number of rotatable bonds is 4. The maximum Gasteiger partial charge on any atom is 0.416 e. The van der Waals surface area contributed by atoms with Crippen LogP contribution in [0, 0.1) is 5.92 Å². The molecule has 2 aromatic rings. The van der Waals surface area contributed by atoms with Crippen LogP contribution in [0.5, 0.6) is 0 Å². The molecule has 2 N–H and O–H groups in total. The number of hydrogen-bond acceptors (Lipinski definition) is 2. The maximum atomic E-state index is 12.6. The Labute approximate surface area is 159 Å². The average Bonchev–Trinajstić information content (AvgIpc) is 3.36. The van der Waals surface area contributed by atoms with Gasteiger partial charge in [-0.25, -0.2) is 4.79 Å². The van der Waals surface area contributed by atoms with Gasteiger partial charge in [-0.15, -0.1) is 0 Å². The van der Waals surface area contributed by atoms with Crippen LogP contribution in [0.1, 0.15) is 23.5 Å². The average molecular weight is 389 g/mol. The molecule has 0 radical (unpaired) electrons. The van der Waals surface area contributed by atoms with Crippen molar-refractivity contribution in [3.05, 3.63) is 59.7 Å². The molecule has 3 amide bonds. The molecular formula is C20H18F3N3O2. The normalized spacial score (nSPS) is 21.4. The van der Waals surface area contributed by atoms with Crippen molar-refractivity contribution in [2.45, 2.75) is 18.5 Å². The summed E-state index contributed by atoms with van der Waals surface area (Å²) in [5.74, 6) is -0.466. The van der Waals surface area contributed by atoms with Crippen LogP contribution in [0.4, 0.5) is 29.3 Å². The van der Waals surface area contributed by atoms with Gasteiger partial charge in [-0.3, -0.25) is 9.69 Å². The maximum absolute atomic E-state index is 12.6. The van der Waals surface area contributed by atoms with Crippen LogP contribution >= 0.6 is 0 Å². The van der Waals surface area contributed by atoms with Crippen LogP contribution in [0.3, 0.4) is 0 Å². The Morgan fingerprint density at radius 1 is 1.07 bits per heavy atom. The molecule has 2 atom stereocenters. The van der Waals surface area contributed by atoms with Crippen molar-refractivity contribution in [1.82, 2.24) is 5.32 Å². The molecule has 0 spiro atoms. The van der Waals surface area contributed by atoms with Gasteiger partial charge < -0.3 is 10.6 Å².